The monoisotopic (exact) mass is 786 g/mol. The Hall–Kier alpha value is -4.22. The second kappa shape index (κ2) is 16.0. The third-order valence-electron chi connectivity index (χ3n) is 9.54. The number of piperazine rings is 1. The number of carbonyl (C=O) groups excluding carboxylic acids is 2. The molecule has 0 radical (unpaired) electrons. The van der Waals surface area contributed by atoms with E-state index >= 15 is 0 Å². The molecule has 12 heteroatoms. The molecule has 262 valence electrons. The zero-order valence-corrected chi connectivity index (χ0v) is 31.0. The molecule has 2 aliphatic rings. The number of amides is 2. The molecule has 0 saturated carbocycles. The average Bonchev–Trinajstić information content (AvgIpc) is 3.61. The SMILES string of the molecule is O=C([C@H]1CN([C@@H]2c3ccc(Cl)cc3CCc3cc(Br)cnc32)CCN1C(=O)Oc1ccc(Cl)cc1)N(CCCn1ccnc1)Cc1ccccc1. The smallest absolute Gasteiger partial charge is 0.410 e. The maximum absolute atomic E-state index is 15.0. The predicted molar refractivity (Wildman–Crippen MR) is 201 cm³/mol. The van der Waals surface area contributed by atoms with E-state index in [1.165, 1.54) is 0 Å². The lowest BCUT2D eigenvalue weighted by atomic mass is 9.95. The fraction of sp³-hybridized carbons (Fsp3) is 0.282. The molecule has 1 saturated heterocycles. The predicted octanol–water partition coefficient (Wildman–Crippen LogP) is 7.84. The van der Waals surface area contributed by atoms with E-state index in [2.05, 4.69) is 37.9 Å². The molecule has 3 heterocycles. The maximum Gasteiger partial charge on any atom is 0.416 e. The van der Waals surface area contributed by atoms with Gasteiger partial charge in [0.25, 0.3) is 0 Å². The number of benzene rings is 3. The van der Waals surface area contributed by atoms with Crippen molar-refractivity contribution in [1.82, 2.24) is 29.2 Å². The van der Waals surface area contributed by atoms with Crippen molar-refractivity contribution in [3.63, 3.8) is 0 Å². The molecule has 3 aromatic carbocycles. The van der Waals surface area contributed by atoms with Crippen LogP contribution in [-0.4, -0.2) is 73.5 Å². The number of aromatic nitrogens is 3. The molecule has 2 aromatic heterocycles. The van der Waals surface area contributed by atoms with Gasteiger partial charge in [-0.1, -0.05) is 59.6 Å². The molecule has 5 aromatic rings. The van der Waals surface area contributed by atoms with Crippen molar-refractivity contribution in [2.24, 2.45) is 0 Å². The Balaban J connectivity index is 1.24. The van der Waals surface area contributed by atoms with Crippen LogP contribution in [-0.2, 0) is 30.7 Å². The second-order valence-electron chi connectivity index (χ2n) is 12.9. The Kier molecular flexibility index (Phi) is 11.0. The van der Waals surface area contributed by atoms with Crippen molar-refractivity contribution in [2.45, 2.75) is 44.4 Å². The molecule has 0 N–H and O–H groups in total. The number of fused-ring (bicyclic) bond motifs is 2. The van der Waals surface area contributed by atoms with Crippen LogP contribution in [0.2, 0.25) is 10.0 Å². The summed E-state index contributed by atoms with van der Waals surface area (Å²) >= 11 is 16.2. The second-order valence-corrected chi connectivity index (χ2v) is 14.7. The lowest BCUT2D eigenvalue weighted by Crippen LogP contribution is -2.62. The highest BCUT2D eigenvalue weighted by atomic mass is 79.9. The summed E-state index contributed by atoms with van der Waals surface area (Å²) in [6.45, 7) is 2.67. The number of imidazole rings is 1. The Labute approximate surface area is 315 Å². The topological polar surface area (TPSA) is 83.8 Å². The van der Waals surface area contributed by atoms with Crippen LogP contribution in [0.15, 0.2) is 108 Å². The lowest BCUT2D eigenvalue weighted by molar-refractivity contribution is -0.139. The average molecular weight is 789 g/mol. The van der Waals surface area contributed by atoms with Gasteiger partial charge in [-0.3, -0.25) is 19.6 Å². The number of carbonyl (C=O) groups is 2. The molecule has 1 aliphatic heterocycles. The minimum absolute atomic E-state index is 0.142. The first-order chi connectivity index (χ1) is 24.8. The van der Waals surface area contributed by atoms with E-state index in [4.69, 9.17) is 32.9 Å². The number of hydrogen-bond donors (Lipinski definition) is 0. The van der Waals surface area contributed by atoms with Crippen LogP contribution < -0.4 is 4.74 Å². The highest BCUT2D eigenvalue weighted by Gasteiger charge is 2.42. The van der Waals surface area contributed by atoms with E-state index in [0.717, 1.165) is 45.3 Å². The first-order valence-electron chi connectivity index (χ1n) is 17.0. The van der Waals surface area contributed by atoms with E-state index in [1.807, 2.05) is 64.3 Å². The minimum Gasteiger partial charge on any atom is -0.410 e. The van der Waals surface area contributed by atoms with E-state index in [9.17, 15) is 9.59 Å². The quantitative estimate of drug-likeness (QED) is 0.152. The molecular weight excluding hydrogens is 751 g/mol. The van der Waals surface area contributed by atoms with Crippen LogP contribution in [0.25, 0.3) is 0 Å². The largest absolute Gasteiger partial charge is 0.416 e. The molecule has 51 heavy (non-hydrogen) atoms. The van der Waals surface area contributed by atoms with Gasteiger partial charge < -0.3 is 14.2 Å². The Bertz CT molecular complexity index is 1930. The summed E-state index contributed by atoms with van der Waals surface area (Å²) in [5, 5.41) is 1.22. The van der Waals surface area contributed by atoms with Crippen LogP contribution in [0.4, 0.5) is 4.79 Å². The van der Waals surface area contributed by atoms with Gasteiger partial charge in [-0.15, -0.1) is 0 Å². The van der Waals surface area contributed by atoms with Gasteiger partial charge in [-0.25, -0.2) is 9.78 Å². The number of nitrogens with zero attached hydrogens (tertiary/aromatic N) is 6. The molecule has 9 nitrogen and oxygen atoms in total. The highest BCUT2D eigenvalue weighted by molar-refractivity contribution is 9.10. The molecule has 1 fully saturated rings. The number of hydrogen-bond acceptors (Lipinski definition) is 6. The molecular formula is C39H37BrCl2N6O3. The van der Waals surface area contributed by atoms with Gasteiger partial charge in [0.15, 0.2) is 0 Å². The Morgan fingerprint density at radius 1 is 0.941 bits per heavy atom. The van der Waals surface area contributed by atoms with Crippen molar-refractivity contribution >= 4 is 51.1 Å². The van der Waals surface area contributed by atoms with E-state index in [-0.39, 0.29) is 25.0 Å². The van der Waals surface area contributed by atoms with Gasteiger partial charge in [0.05, 0.1) is 18.1 Å². The molecule has 1 aliphatic carbocycles. The summed E-state index contributed by atoms with van der Waals surface area (Å²) in [5.74, 6) is 0.217. The first-order valence-corrected chi connectivity index (χ1v) is 18.6. The standard InChI is InChI=1S/C39H37BrCl2N6O3/c40-30-21-29-8-7-28-22-32(42)11-14-34(28)37(36(29)44-23-30)46-19-20-48(39(50)51-33-12-9-31(41)10-13-33)35(25-46)38(49)47(24-27-5-2-1-3-6-27)17-4-16-45-18-15-43-26-45/h1-3,5-6,9-15,18,21-23,26,35,37H,4,7-8,16-17,19-20,24-25H2/t35-,37-/m1/s1. The molecule has 2 atom stereocenters. The normalized spacial score (nSPS) is 17.3. The van der Waals surface area contributed by atoms with Gasteiger partial charge in [-0.05, 0) is 99.9 Å². The van der Waals surface area contributed by atoms with Crippen molar-refractivity contribution in [2.75, 3.05) is 26.2 Å². The van der Waals surface area contributed by atoms with Crippen LogP contribution in [0, 0.1) is 0 Å². The summed E-state index contributed by atoms with van der Waals surface area (Å²) < 4.78 is 8.77. The molecule has 0 bridgehead atoms. The molecule has 0 spiro atoms. The fourth-order valence-electron chi connectivity index (χ4n) is 7.06. The van der Waals surface area contributed by atoms with E-state index in [0.29, 0.717) is 48.4 Å². The number of rotatable bonds is 9. The lowest BCUT2D eigenvalue weighted by Gasteiger charge is -2.44. The minimum atomic E-state index is -0.826. The summed E-state index contributed by atoms with van der Waals surface area (Å²) in [4.78, 5) is 43.8. The van der Waals surface area contributed by atoms with Crippen LogP contribution in [0.3, 0.4) is 0 Å². The van der Waals surface area contributed by atoms with Gasteiger partial charge in [0, 0.05) is 72.4 Å². The Morgan fingerprint density at radius 3 is 2.51 bits per heavy atom. The summed E-state index contributed by atoms with van der Waals surface area (Å²) in [6, 6.07) is 23.7. The van der Waals surface area contributed by atoms with Crippen molar-refractivity contribution in [1.29, 1.82) is 0 Å². The number of pyridine rings is 1. The van der Waals surface area contributed by atoms with Crippen LogP contribution >= 0.6 is 39.1 Å². The Morgan fingerprint density at radius 2 is 1.73 bits per heavy atom. The highest BCUT2D eigenvalue weighted by Crippen LogP contribution is 2.39. The van der Waals surface area contributed by atoms with E-state index < -0.39 is 12.1 Å². The fourth-order valence-corrected chi connectivity index (χ4v) is 7.76. The molecule has 7 rings (SSSR count). The van der Waals surface area contributed by atoms with Crippen molar-refractivity contribution in [3.05, 3.63) is 146 Å². The molecule has 0 unspecified atom stereocenters. The zero-order valence-electron chi connectivity index (χ0n) is 27.9. The first kappa shape index (κ1) is 35.2. The van der Waals surface area contributed by atoms with E-state index in [1.54, 1.807) is 41.7 Å². The number of halogens is 3. The van der Waals surface area contributed by atoms with Crippen LogP contribution in [0.5, 0.6) is 5.75 Å². The van der Waals surface area contributed by atoms with Gasteiger partial charge >= 0.3 is 6.09 Å². The summed E-state index contributed by atoms with van der Waals surface area (Å²) in [7, 11) is 0. The molecule has 2 amide bonds. The maximum atomic E-state index is 15.0. The summed E-state index contributed by atoms with van der Waals surface area (Å²) in [5.41, 5.74) is 5.36. The third-order valence-corrected chi connectivity index (χ3v) is 10.5. The third kappa shape index (κ3) is 8.31. The van der Waals surface area contributed by atoms with Crippen molar-refractivity contribution in [3.8, 4) is 5.75 Å². The number of ether oxygens (including phenoxy) is 1. The van der Waals surface area contributed by atoms with Gasteiger partial charge in [0.2, 0.25) is 5.91 Å². The summed E-state index contributed by atoms with van der Waals surface area (Å²) in [6.07, 6.45) is 9.03. The van der Waals surface area contributed by atoms with Gasteiger partial charge in [0.1, 0.15) is 11.8 Å². The number of aryl methyl sites for hydroxylation is 3. The van der Waals surface area contributed by atoms with Gasteiger partial charge in [-0.2, -0.15) is 0 Å². The zero-order chi connectivity index (χ0) is 35.3. The van der Waals surface area contributed by atoms with Crippen molar-refractivity contribution < 1.29 is 14.3 Å². The van der Waals surface area contributed by atoms with Crippen LogP contribution in [0.1, 0.15) is 40.4 Å².